The van der Waals surface area contributed by atoms with Crippen molar-refractivity contribution in [3.63, 3.8) is 0 Å². The largest absolute Gasteiger partial charge is 0.316 e. The predicted octanol–water partition coefficient (Wildman–Crippen LogP) is 2.55. The number of carbonyl (C=O) groups excluding carboxylic acids is 1. The third-order valence-electron chi connectivity index (χ3n) is 3.30. The molecule has 0 saturated heterocycles. The van der Waals surface area contributed by atoms with Gasteiger partial charge in [-0.1, -0.05) is 25.2 Å². The van der Waals surface area contributed by atoms with E-state index < -0.39 is 9.84 Å². The molecule has 23 heavy (non-hydrogen) atoms. The van der Waals surface area contributed by atoms with Crippen LogP contribution in [0.1, 0.15) is 13.8 Å². The summed E-state index contributed by atoms with van der Waals surface area (Å²) in [5.41, 5.74) is 0.909. The molecule has 5 nitrogen and oxygen atoms in total. The summed E-state index contributed by atoms with van der Waals surface area (Å²) in [6.07, 6.45) is 3.21. The summed E-state index contributed by atoms with van der Waals surface area (Å²) in [5.74, 6) is 0.557. The molecule has 0 aliphatic rings. The Hall–Kier alpha value is -1.12. The maximum atomic E-state index is 12.0. The third-order valence-corrected chi connectivity index (χ3v) is 6.04. The van der Waals surface area contributed by atoms with Crippen molar-refractivity contribution in [2.45, 2.75) is 25.3 Å². The smallest absolute Gasteiger partial charge is 0.250 e. The van der Waals surface area contributed by atoms with Crippen LogP contribution in [0.25, 0.3) is 10.2 Å². The monoisotopic (exact) mass is 372 g/mol. The Balaban J connectivity index is 2.67. The highest BCUT2D eigenvalue weighted by Gasteiger charge is 2.13. The Kier molecular flexibility index (Phi) is 5.70. The number of sulfone groups is 1. The number of nitrogens with zero attached hydrogens (tertiary/aromatic N) is 2. The van der Waals surface area contributed by atoms with E-state index in [4.69, 9.17) is 0 Å². The molecule has 0 bridgehead atoms. The number of amides is 1. The van der Waals surface area contributed by atoms with E-state index in [1.807, 2.05) is 24.7 Å². The Morgan fingerprint density at radius 3 is 2.65 bits per heavy atom. The van der Waals surface area contributed by atoms with E-state index in [-0.39, 0.29) is 16.7 Å². The first-order valence-corrected chi connectivity index (χ1v) is 11.2. The van der Waals surface area contributed by atoms with Crippen LogP contribution in [0.4, 0.5) is 0 Å². The molecule has 0 spiro atoms. The van der Waals surface area contributed by atoms with Crippen LogP contribution in [0.5, 0.6) is 0 Å². The van der Waals surface area contributed by atoms with Gasteiger partial charge in [0.15, 0.2) is 14.6 Å². The van der Waals surface area contributed by atoms with E-state index in [1.165, 1.54) is 17.6 Å². The van der Waals surface area contributed by atoms with Gasteiger partial charge in [0.1, 0.15) is 0 Å². The van der Waals surface area contributed by atoms with Gasteiger partial charge < -0.3 is 4.57 Å². The zero-order valence-electron chi connectivity index (χ0n) is 13.6. The van der Waals surface area contributed by atoms with Crippen molar-refractivity contribution in [1.29, 1.82) is 0 Å². The number of hydrogen-bond acceptors (Lipinski definition) is 5. The van der Waals surface area contributed by atoms with Gasteiger partial charge in [0, 0.05) is 24.5 Å². The molecule has 1 heterocycles. The van der Waals surface area contributed by atoms with Crippen LogP contribution in [-0.2, 0) is 21.2 Å². The Morgan fingerprint density at radius 2 is 2.09 bits per heavy atom. The molecule has 0 N–H and O–H groups in total. The number of aryl methyl sites for hydroxylation is 1. The fourth-order valence-corrected chi connectivity index (χ4v) is 4.18. The second kappa shape index (κ2) is 7.19. The molecule has 126 valence electrons. The average Bonchev–Trinajstić information content (AvgIpc) is 2.80. The van der Waals surface area contributed by atoms with Gasteiger partial charge in [-0.3, -0.25) is 4.79 Å². The normalized spacial score (nSPS) is 13.2. The molecule has 1 aromatic heterocycles. The van der Waals surface area contributed by atoms with Crippen molar-refractivity contribution >= 4 is 49.1 Å². The summed E-state index contributed by atoms with van der Waals surface area (Å²) in [6, 6.07) is 5.05. The highest BCUT2D eigenvalue weighted by Crippen LogP contribution is 2.22. The molecule has 0 aliphatic carbocycles. The molecule has 1 aromatic carbocycles. The number of thiazole rings is 1. The lowest BCUT2D eigenvalue weighted by atomic mass is 10.2. The molecule has 0 aliphatic heterocycles. The standard InChI is InChI=1S/C15H20N2O3S3/c1-10(2)14(18)16-15-17(7-8-21-3)12-6-5-11(23(4,19)20)9-13(12)22-15/h5-6,9-10H,7-8H2,1-4H3. The van der Waals surface area contributed by atoms with E-state index >= 15 is 0 Å². The van der Waals surface area contributed by atoms with Crippen molar-refractivity contribution < 1.29 is 13.2 Å². The van der Waals surface area contributed by atoms with Crippen LogP contribution in [0.15, 0.2) is 28.1 Å². The van der Waals surface area contributed by atoms with Crippen molar-refractivity contribution in [1.82, 2.24) is 4.57 Å². The van der Waals surface area contributed by atoms with Gasteiger partial charge in [-0.05, 0) is 24.5 Å². The summed E-state index contributed by atoms with van der Waals surface area (Å²) >= 11 is 3.06. The number of benzene rings is 1. The first-order valence-electron chi connectivity index (χ1n) is 7.15. The minimum atomic E-state index is -3.26. The van der Waals surface area contributed by atoms with Gasteiger partial charge in [-0.15, -0.1) is 0 Å². The van der Waals surface area contributed by atoms with E-state index in [2.05, 4.69) is 4.99 Å². The SMILES string of the molecule is CSCCn1c(=NC(=O)C(C)C)sc2cc(S(C)(=O)=O)ccc21. The molecule has 0 radical (unpaired) electrons. The summed E-state index contributed by atoms with van der Waals surface area (Å²) in [4.78, 5) is 17.1. The predicted molar refractivity (Wildman–Crippen MR) is 96.7 cm³/mol. The van der Waals surface area contributed by atoms with E-state index in [0.717, 1.165) is 22.5 Å². The second-order valence-corrected chi connectivity index (χ2v) is 9.55. The zero-order valence-corrected chi connectivity index (χ0v) is 16.0. The lowest BCUT2D eigenvalue weighted by molar-refractivity contribution is -0.120. The van der Waals surface area contributed by atoms with Crippen LogP contribution in [0.3, 0.4) is 0 Å². The topological polar surface area (TPSA) is 68.5 Å². The molecule has 2 rings (SSSR count). The van der Waals surface area contributed by atoms with Gasteiger partial charge in [0.2, 0.25) is 0 Å². The maximum absolute atomic E-state index is 12.0. The first kappa shape index (κ1) is 18.2. The number of carbonyl (C=O) groups is 1. The number of hydrogen-bond donors (Lipinski definition) is 0. The first-order chi connectivity index (χ1) is 10.7. The van der Waals surface area contributed by atoms with Crippen LogP contribution < -0.4 is 4.80 Å². The lowest BCUT2D eigenvalue weighted by Crippen LogP contribution is -2.19. The quantitative estimate of drug-likeness (QED) is 0.809. The fourth-order valence-electron chi connectivity index (χ4n) is 1.99. The molecule has 2 aromatic rings. The van der Waals surface area contributed by atoms with Crippen LogP contribution in [0, 0.1) is 5.92 Å². The molecule has 1 amide bonds. The molecule has 0 unspecified atom stereocenters. The highest BCUT2D eigenvalue weighted by molar-refractivity contribution is 7.98. The molecule has 0 fully saturated rings. The molecule has 8 heteroatoms. The maximum Gasteiger partial charge on any atom is 0.250 e. The van der Waals surface area contributed by atoms with Crippen molar-refractivity contribution in [2.24, 2.45) is 10.9 Å². The van der Waals surface area contributed by atoms with E-state index in [1.54, 1.807) is 30.0 Å². The van der Waals surface area contributed by atoms with Crippen LogP contribution in [0.2, 0.25) is 0 Å². The number of fused-ring (bicyclic) bond motifs is 1. The zero-order chi connectivity index (χ0) is 17.2. The minimum absolute atomic E-state index is 0.166. The lowest BCUT2D eigenvalue weighted by Gasteiger charge is -2.05. The Labute approximate surface area is 144 Å². The Bertz CT molecular complexity index is 892. The van der Waals surface area contributed by atoms with Gasteiger partial charge in [-0.2, -0.15) is 16.8 Å². The minimum Gasteiger partial charge on any atom is -0.316 e. The van der Waals surface area contributed by atoms with Gasteiger partial charge >= 0.3 is 0 Å². The van der Waals surface area contributed by atoms with Gasteiger partial charge in [-0.25, -0.2) is 8.42 Å². The summed E-state index contributed by atoms with van der Waals surface area (Å²) in [6.45, 7) is 4.35. The molecular formula is C15H20N2O3S3. The van der Waals surface area contributed by atoms with Crippen molar-refractivity contribution in [3.8, 4) is 0 Å². The third kappa shape index (κ3) is 4.24. The summed E-state index contributed by atoms with van der Waals surface area (Å²) in [7, 11) is -3.26. The summed E-state index contributed by atoms with van der Waals surface area (Å²) in [5, 5.41) is 0. The van der Waals surface area contributed by atoms with Crippen molar-refractivity contribution in [3.05, 3.63) is 23.0 Å². The fraction of sp³-hybridized carbons (Fsp3) is 0.467. The van der Waals surface area contributed by atoms with Crippen LogP contribution in [-0.4, -0.2) is 37.2 Å². The summed E-state index contributed by atoms with van der Waals surface area (Å²) < 4.78 is 26.3. The molecule has 0 atom stereocenters. The highest BCUT2D eigenvalue weighted by atomic mass is 32.2. The van der Waals surface area contributed by atoms with E-state index in [9.17, 15) is 13.2 Å². The Morgan fingerprint density at radius 1 is 1.39 bits per heavy atom. The van der Waals surface area contributed by atoms with Gasteiger partial charge in [0.25, 0.3) is 5.91 Å². The number of thioether (sulfide) groups is 1. The van der Waals surface area contributed by atoms with Gasteiger partial charge in [0.05, 0.1) is 15.1 Å². The van der Waals surface area contributed by atoms with Crippen LogP contribution >= 0.6 is 23.1 Å². The van der Waals surface area contributed by atoms with E-state index in [0.29, 0.717) is 4.80 Å². The number of rotatable bonds is 5. The average molecular weight is 373 g/mol. The molecular weight excluding hydrogens is 352 g/mol. The number of aromatic nitrogens is 1. The molecule has 0 saturated carbocycles. The van der Waals surface area contributed by atoms with Crippen molar-refractivity contribution in [2.75, 3.05) is 18.3 Å². The second-order valence-electron chi connectivity index (χ2n) is 5.54.